The quantitative estimate of drug-likeness (QED) is 0.705. The molecule has 0 unspecified atom stereocenters. The molecule has 1 aromatic carbocycles. The third kappa shape index (κ3) is 4.96. The van der Waals surface area contributed by atoms with Crippen LogP contribution in [0.5, 0.6) is 0 Å². The Hall–Kier alpha value is -2.09. The zero-order valence-corrected chi connectivity index (χ0v) is 11.1. The molecule has 0 radical (unpaired) electrons. The molecule has 2 aliphatic rings. The van der Waals surface area contributed by atoms with Crippen molar-refractivity contribution in [2.45, 2.75) is 25.7 Å². The Kier molecular flexibility index (Phi) is 5.68. The number of hydrogen-bond donors (Lipinski definition) is 1. The average Bonchev–Trinajstić information content (AvgIpc) is 2.63. The van der Waals surface area contributed by atoms with Crippen LogP contribution in [0.1, 0.15) is 31.2 Å². The van der Waals surface area contributed by atoms with Gasteiger partial charge >= 0.3 is 0 Å². The molecule has 1 aromatic rings. The van der Waals surface area contributed by atoms with Crippen LogP contribution in [0.25, 0.3) is 6.08 Å². The van der Waals surface area contributed by atoms with Gasteiger partial charge in [0.15, 0.2) is 0 Å². The van der Waals surface area contributed by atoms with Crippen molar-refractivity contribution in [3.63, 3.8) is 0 Å². The van der Waals surface area contributed by atoms with Crippen LogP contribution >= 0.6 is 0 Å². The molecule has 0 spiro atoms. The number of allylic oxidation sites excluding steroid dienone is 5. The number of fused-ring (bicyclic) bond motifs is 1. The van der Waals surface area contributed by atoms with Crippen LogP contribution in [0.15, 0.2) is 59.7 Å². The van der Waals surface area contributed by atoms with Gasteiger partial charge in [-0.1, -0.05) is 48.6 Å². The first-order valence-corrected chi connectivity index (χ1v) is 6.83. The monoisotopic (exact) mass is 252 g/mol. The van der Waals surface area contributed by atoms with Crippen molar-refractivity contribution >= 4 is 18.0 Å². The fraction of sp³-hybridized carbons (Fsp3) is 0.235. The summed E-state index contributed by atoms with van der Waals surface area (Å²) in [6, 6.07) is 8.05. The highest BCUT2D eigenvalue weighted by molar-refractivity contribution is 5.83. The second kappa shape index (κ2) is 8.09. The molecule has 0 amide bonds. The van der Waals surface area contributed by atoms with Crippen molar-refractivity contribution in [1.82, 2.24) is 0 Å². The number of nitrogens with zero attached hydrogens (tertiary/aromatic N) is 1. The Morgan fingerprint density at radius 1 is 0.895 bits per heavy atom. The third-order valence-electron chi connectivity index (χ3n) is 2.96. The molecule has 98 valence electrons. The summed E-state index contributed by atoms with van der Waals surface area (Å²) in [6.07, 6.45) is 19.7. The molecule has 0 saturated heterocycles. The lowest BCUT2D eigenvalue weighted by molar-refractivity contribution is 0.758. The summed E-state index contributed by atoms with van der Waals surface area (Å²) in [6.45, 7) is 0. The van der Waals surface area contributed by atoms with E-state index in [1.165, 1.54) is 31.2 Å². The Bertz CT molecular complexity index is 482. The molecule has 1 aliphatic heterocycles. The van der Waals surface area contributed by atoms with Crippen molar-refractivity contribution in [3.8, 4) is 0 Å². The maximum atomic E-state index is 3.95. The lowest BCUT2D eigenvalue weighted by Crippen LogP contribution is -1.87. The van der Waals surface area contributed by atoms with E-state index < -0.39 is 0 Å². The minimum Gasteiger partial charge on any atom is -0.278 e. The van der Waals surface area contributed by atoms with E-state index in [-0.39, 0.29) is 0 Å². The van der Waals surface area contributed by atoms with E-state index in [4.69, 9.17) is 0 Å². The van der Waals surface area contributed by atoms with Gasteiger partial charge in [-0.25, -0.2) is 0 Å². The lowest BCUT2D eigenvalue weighted by atomic mass is 10.1. The Labute approximate surface area is 115 Å². The van der Waals surface area contributed by atoms with Gasteiger partial charge in [-0.15, -0.1) is 0 Å². The molecule has 0 bridgehead atoms. The number of hydrazone groups is 1. The van der Waals surface area contributed by atoms with Crippen LogP contribution in [-0.2, 0) is 0 Å². The van der Waals surface area contributed by atoms with Gasteiger partial charge in [0.1, 0.15) is 0 Å². The number of anilines is 1. The Morgan fingerprint density at radius 3 is 2.42 bits per heavy atom. The maximum Gasteiger partial charge on any atom is 0.0634 e. The zero-order valence-electron chi connectivity index (χ0n) is 11.1. The van der Waals surface area contributed by atoms with Gasteiger partial charge in [0.25, 0.3) is 0 Å². The van der Waals surface area contributed by atoms with Gasteiger partial charge in [-0.05, 0) is 43.4 Å². The van der Waals surface area contributed by atoms with E-state index in [0.29, 0.717) is 0 Å². The maximum absolute atomic E-state index is 3.95. The van der Waals surface area contributed by atoms with Crippen LogP contribution in [0.3, 0.4) is 0 Å². The fourth-order valence-corrected chi connectivity index (χ4v) is 1.91. The molecule has 0 aromatic heterocycles. The predicted molar refractivity (Wildman–Crippen MR) is 84.3 cm³/mol. The van der Waals surface area contributed by atoms with Crippen LogP contribution in [-0.4, -0.2) is 6.21 Å². The van der Waals surface area contributed by atoms with E-state index in [0.717, 1.165) is 5.69 Å². The van der Waals surface area contributed by atoms with E-state index in [9.17, 15) is 0 Å². The Balaban J connectivity index is 0.000000148. The lowest BCUT2D eigenvalue weighted by Gasteiger charge is -2.00. The third-order valence-corrected chi connectivity index (χ3v) is 2.96. The number of hydrogen-bond acceptors (Lipinski definition) is 2. The van der Waals surface area contributed by atoms with E-state index in [1.54, 1.807) is 6.21 Å². The number of para-hydroxylation sites is 1. The van der Waals surface area contributed by atoms with E-state index in [1.807, 2.05) is 36.4 Å². The van der Waals surface area contributed by atoms with Crippen LogP contribution in [0, 0.1) is 0 Å². The molecule has 3 rings (SSSR count). The molecule has 2 nitrogen and oxygen atoms in total. The van der Waals surface area contributed by atoms with E-state index >= 15 is 0 Å². The summed E-state index contributed by atoms with van der Waals surface area (Å²) in [5.74, 6) is 0. The van der Waals surface area contributed by atoms with Crippen molar-refractivity contribution in [1.29, 1.82) is 0 Å². The molecule has 1 aliphatic carbocycles. The summed E-state index contributed by atoms with van der Waals surface area (Å²) in [5, 5.41) is 3.95. The predicted octanol–water partition coefficient (Wildman–Crippen LogP) is 4.78. The van der Waals surface area contributed by atoms with Gasteiger partial charge < -0.3 is 0 Å². The van der Waals surface area contributed by atoms with Gasteiger partial charge in [0, 0.05) is 6.21 Å². The van der Waals surface area contributed by atoms with Crippen molar-refractivity contribution < 1.29 is 0 Å². The van der Waals surface area contributed by atoms with Crippen LogP contribution in [0.2, 0.25) is 0 Å². The molecular weight excluding hydrogens is 232 g/mol. The first kappa shape index (κ1) is 13.3. The standard InChI is InChI=1S/C9H8N2.C8H12/c1-2-6-9-8(4-1)5-3-7-10-11-9;1-2-4-6-8-7-5-3-1/h1-7,11H;1-4H,5-8H2. The van der Waals surface area contributed by atoms with Crippen LogP contribution < -0.4 is 5.43 Å². The SMILES string of the molecule is C1=CCCCCC=C1.C1=Cc2ccccc2NN=C1. The number of rotatable bonds is 0. The first-order valence-electron chi connectivity index (χ1n) is 6.83. The Morgan fingerprint density at radius 2 is 1.63 bits per heavy atom. The summed E-state index contributed by atoms with van der Waals surface area (Å²) in [7, 11) is 0. The number of nitrogens with one attached hydrogen (secondary N) is 1. The molecule has 0 atom stereocenters. The molecule has 1 N–H and O–H groups in total. The molecule has 19 heavy (non-hydrogen) atoms. The topological polar surface area (TPSA) is 24.4 Å². The first-order chi connectivity index (χ1) is 9.47. The van der Waals surface area contributed by atoms with Crippen molar-refractivity contribution in [2.75, 3.05) is 5.43 Å². The summed E-state index contributed by atoms with van der Waals surface area (Å²) >= 11 is 0. The van der Waals surface area contributed by atoms with Crippen LogP contribution in [0.4, 0.5) is 5.69 Å². The smallest absolute Gasteiger partial charge is 0.0634 e. The van der Waals surface area contributed by atoms with Gasteiger partial charge in [0.05, 0.1) is 5.69 Å². The summed E-state index contributed by atoms with van der Waals surface area (Å²) in [4.78, 5) is 0. The minimum atomic E-state index is 1.05. The second-order valence-corrected chi connectivity index (χ2v) is 4.48. The second-order valence-electron chi connectivity index (χ2n) is 4.48. The average molecular weight is 252 g/mol. The zero-order chi connectivity index (χ0) is 13.2. The molecular formula is C17H20N2. The molecule has 0 fully saturated rings. The largest absolute Gasteiger partial charge is 0.278 e. The van der Waals surface area contributed by atoms with E-state index in [2.05, 4.69) is 34.8 Å². The molecule has 2 heteroatoms. The van der Waals surface area contributed by atoms with Gasteiger partial charge in [-0.2, -0.15) is 5.10 Å². The minimum absolute atomic E-state index is 1.05. The highest BCUT2D eigenvalue weighted by Gasteiger charge is 1.96. The summed E-state index contributed by atoms with van der Waals surface area (Å²) < 4.78 is 0. The van der Waals surface area contributed by atoms with Crippen molar-refractivity contribution in [2.24, 2.45) is 5.10 Å². The summed E-state index contributed by atoms with van der Waals surface area (Å²) in [5.41, 5.74) is 5.16. The van der Waals surface area contributed by atoms with Gasteiger partial charge in [0.2, 0.25) is 0 Å². The van der Waals surface area contributed by atoms with Crippen molar-refractivity contribution in [3.05, 3.63) is 60.2 Å². The molecule has 1 heterocycles. The fourth-order valence-electron chi connectivity index (χ4n) is 1.91. The highest BCUT2D eigenvalue weighted by atomic mass is 15.3. The highest BCUT2D eigenvalue weighted by Crippen LogP contribution is 2.17. The van der Waals surface area contributed by atoms with Gasteiger partial charge in [-0.3, -0.25) is 5.43 Å². The molecule has 0 saturated carbocycles. The normalized spacial score (nSPS) is 16.2. The number of benzene rings is 1.